The zero-order valence-electron chi connectivity index (χ0n) is 25.7. The molecule has 3 rings (SSSR count). The molecule has 3 amide bonds. The Labute approximate surface area is 242 Å². The predicted molar refractivity (Wildman–Crippen MR) is 163 cm³/mol. The minimum Gasteiger partial charge on any atom is -0.381 e. The Morgan fingerprint density at radius 2 is 1.93 bits per heavy atom. The van der Waals surface area contributed by atoms with Crippen LogP contribution < -0.4 is 5.32 Å². The van der Waals surface area contributed by atoms with E-state index in [0.29, 0.717) is 12.0 Å². The molecular weight excluding hydrogens is 504 g/mol. The van der Waals surface area contributed by atoms with E-state index in [4.69, 9.17) is 9.84 Å². The number of nitrogens with one attached hydrogen (secondary N) is 1. The average Bonchev–Trinajstić information content (AvgIpc) is 3.45. The number of hydrogen-bond donors (Lipinski definition) is 2. The Bertz CT molecular complexity index is 903. The normalized spacial score (nSPS) is 23.7. The topological polar surface area (TPSA) is 85.4 Å². The summed E-state index contributed by atoms with van der Waals surface area (Å²) in [5.74, 6) is 0.207. The van der Waals surface area contributed by atoms with Gasteiger partial charge in [0, 0.05) is 52.0 Å². The number of ether oxygens (including phenoxy) is 1. The highest BCUT2D eigenvalue weighted by Gasteiger charge is 2.54. The summed E-state index contributed by atoms with van der Waals surface area (Å²) >= 11 is 0. The van der Waals surface area contributed by atoms with Crippen LogP contribution in [0.3, 0.4) is 0 Å². The van der Waals surface area contributed by atoms with Crippen LogP contribution in [0, 0.1) is 5.92 Å². The first-order valence-electron chi connectivity index (χ1n) is 14.8. The van der Waals surface area contributed by atoms with Crippen molar-refractivity contribution in [2.45, 2.75) is 95.9 Å². The maximum absolute atomic E-state index is 13.4. The zero-order chi connectivity index (χ0) is 29.9. The molecule has 40 heavy (non-hydrogen) atoms. The van der Waals surface area contributed by atoms with Crippen molar-refractivity contribution in [2.75, 3.05) is 39.9 Å². The molecule has 0 aromatic heterocycles. The quantitative estimate of drug-likeness (QED) is 0.334. The fourth-order valence-electron chi connectivity index (χ4n) is 6.33. The highest BCUT2D eigenvalue weighted by molar-refractivity contribution is 5.83. The van der Waals surface area contributed by atoms with E-state index in [1.807, 2.05) is 24.4 Å². The van der Waals surface area contributed by atoms with E-state index in [1.165, 1.54) is 26.5 Å². The molecule has 2 atom stereocenters. The summed E-state index contributed by atoms with van der Waals surface area (Å²) in [5.41, 5.74) is -0.0606. The first-order valence-corrected chi connectivity index (χ1v) is 14.8. The molecule has 0 radical (unpaired) electrons. The van der Waals surface area contributed by atoms with Gasteiger partial charge in [-0.2, -0.15) is 0 Å². The minimum atomic E-state index is -1.24. The molecule has 2 saturated heterocycles. The summed E-state index contributed by atoms with van der Waals surface area (Å²) in [6.07, 6.45) is 15.2. The molecule has 226 valence electrons. The Kier molecular flexibility index (Phi) is 13.0. The lowest BCUT2D eigenvalue weighted by atomic mass is 9.94. The predicted octanol–water partition coefficient (Wildman–Crippen LogP) is 4.88. The van der Waals surface area contributed by atoms with Crippen LogP contribution in [-0.4, -0.2) is 94.9 Å². The molecule has 3 fully saturated rings. The van der Waals surface area contributed by atoms with Crippen LogP contribution in [-0.2, 0) is 9.53 Å². The molecule has 2 heterocycles. The maximum Gasteiger partial charge on any atom is 0.320 e. The van der Waals surface area contributed by atoms with Crippen molar-refractivity contribution < 1.29 is 19.4 Å². The van der Waals surface area contributed by atoms with E-state index in [1.54, 1.807) is 0 Å². The van der Waals surface area contributed by atoms with E-state index in [2.05, 4.69) is 53.6 Å². The summed E-state index contributed by atoms with van der Waals surface area (Å²) in [4.78, 5) is 30.7. The van der Waals surface area contributed by atoms with Crippen molar-refractivity contribution in [1.29, 1.82) is 0 Å². The Hall–Kier alpha value is -2.58. The highest BCUT2D eigenvalue weighted by Crippen LogP contribution is 2.44. The average molecular weight is 559 g/mol. The van der Waals surface area contributed by atoms with Crippen molar-refractivity contribution in [1.82, 2.24) is 20.0 Å². The van der Waals surface area contributed by atoms with E-state index >= 15 is 0 Å². The molecule has 2 aliphatic heterocycles. The number of carbonyl (C=O) groups excluding carboxylic acids is 2. The fraction of sp³-hybridized carbons (Fsp3) is 0.688. The van der Waals surface area contributed by atoms with Gasteiger partial charge in [-0.3, -0.25) is 4.79 Å². The highest BCUT2D eigenvalue weighted by atomic mass is 16.5. The monoisotopic (exact) mass is 558 g/mol. The van der Waals surface area contributed by atoms with Gasteiger partial charge in [0.25, 0.3) is 5.91 Å². The van der Waals surface area contributed by atoms with Gasteiger partial charge < -0.3 is 29.9 Å². The van der Waals surface area contributed by atoms with Crippen molar-refractivity contribution >= 4 is 11.9 Å². The van der Waals surface area contributed by atoms with Crippen molar-refractivity contribution in [3.63, 3.8) is 0 Å². The van der Waals surface area contributed by atoms with Gasteiger partial charge >= 0.3 is 6.03 Å². The third kappa shape index (κ3) is 8.96. The van der Waals surface area contributed by atoms with Crippen LogP contribution >= 0.6 is 0 Å². The standard InChI is InChI=1S/C27H43N3O2.C5H11NO2/c1-6-10-23(7-2)11-9-16-28(8-3)25-12-15-27(19-25)21-29(26(31)30(27)22(4)5)20-24-13-17-32-18-14-24;1-5(2,8)4(7)6-3/h6-8,10,22,24-25H,1-3,9,11-21H2,4-5H3;8H,1-3H3,(H,6,7)/b23-10+;. The number of nitrogens with zero attached hydrogens (tertiary/aromatic N) is 3. The first-order chi connectivity index (χ1) is 18.9. The number of carbonyl (C=O) groups is 2. The van der Waals surface area contributed by atoms with Crippen molar-refractivity contribution in [3.05, 3.63) is 49.7 Å². The van der Waals surface area contributed by atoms with E-state index < -0.39 is 5.60 Å². The third-order valence-corrected chi connectivity index (χ3v) is 8.33. The van der Waals surface area contributed by atoms with Gasteiger partial charge in [-0.25, -0.2) is 4.79 Å². The number of rotatable bonds is 12. The van der Waals surface area contributed by atoms with Gasteiger partial charge in [0.05, 0.1) is 5.54 Å². The van der Waals surface area contributed by atoms with Crippen LogP contribution in [0.4, 0.5) is 4.79 Å². The van der Waals surface area contributed by atoms with Gasteiger partial charge in [-0.05, 0) is 90.3 Å². The van der Waals surface area contributed by atoms with Gasteiger partial charge in [-0.15, -0.1) is 0 Å². The smallest absolute Gasteiger partial charge is 0.320 e. The Morgan fingerprint density at radius 1 is 1.25 bits per heavy atom. The molecule has 0 bridgehead atoms. The number of urea groups is 1. The van der Waals surface area contributed by atoms with E-state index in [-0.39, 0.29) is 23.5 Å². The van der Waals surface area contributed by atoms with Crippen molar-refractivity contribution in [3.8, 4) is 0 Å². The third-order valence-electron chi connectivity index (χ3n) is 8.33. The molecule has 0 aromatic carbocycles. The lowest BCUT2D eigenvalue weighted by Gasteiger charge is -2.37. The van der Waals surface area contributed by atoms with Crippen LogP contribution in [0.25, 0.3) is 0 Å². The van der Waals surface area contributed by atoms with Crippen LogP contribution in [0.5, 0.6) is 0 Å². The number of aliphatic hydroxyl groups is 1. The SMILES string of the molecule is C=C/C=C(\C=C)CCCN(C=C)C1CCC2(C1)CN(CC1CCOCC1)C(=O)N2C(C)C.CNC(=O)C(C)(C)O. The first kappa shape index (κ1) is 33.6. The second-order valence-electron chi connectivity index (χ2n) is 12.1. The Balaban J connectivity index is 0.000000611. The van der Waals surface area contributed by atoms with E-state index in [0.717, 1.165) is 77.8 Å². The molecule has 1 saturated carbocycles. The summed E-state index contributed by atoms with van der Waals surface area (Å²) in [5, 5.41) is 11.2. The molecule has 2 N–H and O–H groups in total. The molecule has 1 aliphatic carbocycles. The molecule has 0 aromatic rings. The maximum atomic E-state index is 13.4. The lowest BCUT2D eigenvalue weighted by molar-refractivity contribution is -0.135. The van der Waals surface area contributed by atoms with Gasteiger partial charge in [0.15, 0.2) is 0 Å². The molecule has 8 heteroatoms. The second-order valence-corrected chi connectivity index (χ2v) is 12.1. The van der Waals surface area contributed by atoms with Crippen LogP contribution in [0.1, 0.15) is 72.6 Å². The summed E-state index contributed by atoms with van der Waals surface area (Å²) in [6.45, 7) is 23.4. The number of amides is 3. The summed E-state index contributed by atoms with van der Waals surface area (Å²) < 4.78 is 5.52. The molecule has 8 nitrogen and oxygen atoms in total. The zero-order valence-corrected chi connectivity index (χ0v) is 25.7. The molecular formula is C32H54N4O4. The second kappa shape index (κ2) is 15.4. The Morgan fingerprint density at radius 3 is 2.42 bits per heavy atom. The summed E-state index contributed by atoms with van der Waals surface area (Å²) in [6, 6.07) is 0.903. The molecule has 1 spiro atoms. The number of hydrogen-bond acceptors (Lipinski definition) is 5. The summed E-state index contributed by atoms with van der Waals surface area (Å²) in [7, 11) is 1.49. The van der Waals surface area contributed by atoms with Gasteiger partial charge in [-0.1, -0.05) is 38.0 Å². The van der Waals surface area contributed by atoms with Gasteiger partial charge in [0.1, 0.15) is 5.60 Å². The number of likely N-dealkylation sites (N-methyl/N-ethyl adjacent to an activating group) is 1. The largest absolute Gasteiger partial charge is 0.381 e. The number of allylic oxidation sites excluding steroid dienone is 4. The molecule has 3 aliphatic rings. The van der Waals surface area contributed by atoms with E-state index in [9.17, 15) is 9.59 Å². The molecule has 2 unspecified atom stereocenters. The lowest BCUT2D eigenvalue weighted by Crippen LogP contribution is -2.50. The van der Waals surface area contributed by atoms with Crippen molar-refractivity contribution in [2.24, 2.45) is 5.92 Å². The van der Waals surface area contributed by atoms with Gasteiger partial charge in [0.2, 0.25) is 0 Å². The van der Waals surface area contributed by atoms with Crippen LogP contribution in [0.15, 0.2) is 49.7 Å². The van der Waals surface area contributed by atoms with Crippen LogP contribution in [0.2, 0.25) is 0 Å². The fourth-order valence-corrected chi connectivity index (χ4v) is 6.33. The minimum absolute atomic E-state index is 0.0443.